The van der Waals surface area contributed by atoms with Gasteiger partial charge in [-0.25, -0.2) is 0 Å². The number of ether oxygens (including phenoxy) is 1. The van der Waals surface area contributed by atoms with Gasteiger partial charge in [0.15, 0.2) is 0 Å². The second-order valence-electron chi connectivity index (χ2n) is 4.65. The number of hydrogen-bond donors (Lipinski definition) is 2. The van der Waals surface area contributed by atoms with Crippen molar-refractivity contribution in [2.75, 3.05) is 39.8 Å². The molecule has 1 unspecified atom stereocenters. The van der Waals surface area contributed by atoms with Crippen LogP contribution in [0.3, 0.4) is 0 Å². The lowest BCUT2D eigenvalue weighted by atomic mass is 10.2. The van der Waals surface area contributed by atoms with Crippen LogP contribution >= 0.6 is 0 Å². The SMILES string of the molecule is CN1CCOC(CNC(=O)[C@@H]2CCCN2)C1. The summed E-state index contributed by atoms with van der Waals surface area (Å²) in [5.41, 5.74) is 0. The molecule has 0 aromatic rings. The standard InChI is InChI=1S/C11H21N3O2/c1-14-5-6-16-9(8-14)7-13-11(15)10-3-2-4-12-10/h9-10,12H,2-8H2,1H3,(H,13,15)/t9?,10-/m0/s1. The highest BCUT2D eigenvalue weighted by molar-refractivity contribution is 5.82. The number of nitrogens with one attached hydrogen (secondary N) is 2. The van der Waals surface area contributed by atoms with Crippen molar-refractivity contribution in [2.24, 2.45) is 0 Å². The third-order valence-electron chi connectivity index (χ3n) is 3.22. The second-order valence-corrected chi connectivity index (χ2v) is 4.65. The Hall–Kier alpha value is -0.650. The van der Waals surface area contributed by atoms with Gasteiger partial charge >= 0.3 is 0 Å². The van der Waals surface area contributed by atoms with Crippen molar-refractivity contribution in [3.8, 4) is 0 Å². The zero-order chi connectivity index (χ0) is 11.4. The van der Waals surface area contributed by atoms with Crippen LogP contribution in [0.5, 0.6) is 0 Å². The molecule has 92 valence electrons. The maximum Gasteiger partial charge on any atom is 0.237 e. The molecule has 2 fully saturated rings. The first kappa shape index (κ1) is 11.8. The number of carbonyl (C=O) groups is 1. The number of hydrogen-bond acceptors (Lipinski definition) is 4. The van der Waals surface area contributed by atoms with Crippen LogP contribution in [0.2, 0.25) is 0 Å². The Morgan fingerprint density at radius 1 is 1.62 bits per heavy atom. The number of rotatable bonds is 3. The van der Waals surface area contributed by atoms with E-state index in [1.807, 2.05) is 0 Å². The first-order chi connectivity index (χ1) is 7.75. The van der Waals surface area contributed by atoms with Crippen molar-refractivity contribution < 1.29 is 9.53 Å². The second kappa shape index (κ2) is 5.61. The predicted molar refractivity (Wildman–Crippen MR) is 61.3 cm³/mol. The molecule has 0 bridgehead atoms. The number of morpholine rings is 1. The molecule has 2 aliphatic heterocycles. The van der Waals surface area contributed by atoms with Crippen LogP contribution in [0.25, 0.3) is 0 Å². The fraction of sp³-hybridized carbons (Fsp3) is 0.909. The lowest BCUT2D eigenvalue weighted by molar-refractivity contribution is -0.123. The molecule has 2 aliphatic rings. The van der Waals surface area contributed by atoms with E-state index < -0.39 is 0 Å². The number of carbonyl (C=O) groups excluding carboxylic acids is 1. The summed E-state index contributed by atoms with van der Waals surface area (Å²) in [6.45, 7) is 4.23. The van der Waals surface area contributed by atoms with E-state index in [4.69, 9.17) is 4.74 Å². The van der Waals surface area contributed by atoms with Gasteiger partial charge < -0.3 is 20.3 Å². The maximum absolute atomic E-state index is 11.7. The molecule has 0 spiro atoms. The quantitative estimate of drug-likeness (QED) is 0.662. The molecule has 2 heterocycles. The topological polar surface area (TPSA) is 53.6 Å². The molecule has 16 heavy (non-hydrogen) atoms. The van der Waals surface area contributed by atoms with Gasteiger partial charge in [0, 0.05) is 19.6 Å². The minimum atomic E-state index is 0.0151. The van der Waals surface area contributed by atoms with E-state index in [-0.39, 0.29) is 18.1 Å². The zero-order valence-corrected chi connectivity index (χ0v) is 9.87. The minimum absolute atomic E-state index is 0.0151. The third-order valence-corrected chi connectivity index (χ3v) is 3.22. The summed E-state index contributed by atoms with van der Waals surface area (Å²) in [6, 6.07) is 0.0151. The fourth-order valence-electron chi connectivity index (χ4n) is 2.24. The van der Waals surface area contributed by atoms with E-state index in [1.54, 1.807) is 0 Å². The van der Waals surface area contributed by atoms with Crippen molar-refractivity contribution in [2.45, 2.75) is 25.0 Å². The van der Waals surface area contributed by atoms with E-state index in [2.05, 4.69) is 22.6 Å². The Balaban J connectivity index is 1.67. The van der Waals surface area contributed by atoms with Crippen molar-refractivity contribution in [3.05, 3.63) is 0 Å². The Bertz CT molecular complexity index is 241. The van der Waals surface area contributed by atoms with Crippen LogP contribution in [0.4, 0.5) is 0 Å². The molecule has 2 rings (SSSR count). The van der Waals surface area contributed by atoms with Crippen LogP contribution in [0.1, 0.15) is 12.8 Å². The molecule has 5 heteroatoms. The van der Waals surface area contributed by atoms with Gasteiger partial charge in [0.05, 0.1) is 18.8 Å². The average molecular weight is 227 g/mol. The highest BCUT2D eigenvalue weighted by Crippen LogP contribution is 2.05. The molecular weight excluding hydrogens is 206 g/mol. The largest absolute Gasteiger partial charge is 0.374 e. The molecule has 0 aromatic carbocycles. The van der Waals surface area contributed by atoms with Gasteiger partial charge in [-0.3, -0.25) is 4.79 Å². The first-order valence-corrected chi connectivity index (χ1v) is 6.07. The Kier molecular flexibility index (Phi) is 4.15. The number of likely N-dealkylation sites (N-methyl/N-ethyl adjacent to an activating group) is 1. The minimum Gasteiger partial charge on any atom is -0.374 e. The molecule has 2 saturated heterocycles. The van der Waals surface area contributed by atoms with Gasteiger partial charge in [-0.1, -0.05) is 0 Å². The normalized spacial score (nSPS) is 31.6. The molecule has 2 N–H and O–H groups in total. The van der Waals surface area contributed by atoms with E-state index in [0.717, 1.165) is 39.1 Å². The van der Waals surface area contributed by atoms with Crippen molar-refractivity contribution in [3.63, 3.8) is 0 Å². The Morgan fingerprint density at radius 3 is 3.19 bits per heavy atom. The molecular formula is C11H21N3O2. The van der Waals surface area contributed by atoms with Gasteiger partial charge in [-0.15, -0.1) is 0 Å². The van der Waals surface area contributed by atoms with E-state index >= 15 is 0 Å². The Labute approximate surface area is 96.5 Å². The number of nitrogens with zero attached hydrogens (tertiary/aromatic N) is 1. The van der Waals surface area contributed by atoms with Crippen LogP contribution < -0.4 is 10.6 Å². The zero-order valence-electron chi connectivity index (χ0n) is 9.87. The van der Waals surface area contributed by atoms with Crippen LogP contribution in [-0.4, -0.2) is 62.8 Å². The first-order valence-electron chi connectivity index (χ1n) is 6.07. The smallest absolute Gasteiger partial charge is 0.237 e. The maximum atomic E-state index is 11.7. The fourth-order valence-corrected chi connectivity index (χ4v) is 2.24. The van der Waals surface area contributed by atoms with E-state index in [9.17, 15) is 4.79 Å². The van der Waals surface area contributed by atoms with Gasteiger partial charge in [-0.2, -0.15) is 0 Å². The molecule has 0 aromatic heterocycles. The summed E-state index contributed by atoms with van der Waals surface area (Å²) < 4.78 is 5.58. The predicted octanol–water partition coefficient (Wildman–Crippen LogP) is -0.815. The summed E-state index contributed by atoms with van der Waals surface area (Å²) in [5, 5.41) is 6.15. The average Bonchev–Trinajstić information content (AvgIpc) is 2.79. The monoisotopic (exact) mass is 227 g/mol. The van der Waals surface area contributed by atoms with Gasteiger partial charge in [0.1, 0.15) is 0 Å². The molecule has 0 saturated carbocycles. The highest BCUT2D eigenvalue weighted by atomic mass is 16.5. The summed E-state index contributed by atoms with van der Waals surface area (Å²) in [6.07, 6.45) is 2.20. The molecule has 2 atom stereocenters. The van der Waals surface area contributed by atoms with Gasteiger partial charge in [0.25, 0.3) is 0 Å². The van der Waals surface area contributed by atoms with Crippen LogP contribution in [-0.2, 0) is 9.53 Å². The summed E-state index contributed by atoms with van der Waals surface area (Å²) in [7, 11) is 2.08. The lowest BCUT2D eigenvalue weighted by Crippen LogP contribution is -2.48. The highest BCUT2D eigenvalue weighted by Gasteiger charge is 2.23. The van der Waals surface area contributed by atoms with Crippen molar-refractivity contribution >= 4 is 5.91 Å². The molecule has 5 nitrogen and oxygen atoms in total. The van der Waals surface area contributed by atoms with Crippen molar-refractivity contribution in [1.29, 1.82) is 0 Å². The lowest BCUT2D eigenvalue weighted by Gasteiger charge is -2.30. The molecule has 0 aliphatic carbocycles. The summed E-state index contributed by atoms with van der Waals surface area (Å²) >= 11 is 0. The summed E-state index contributed by atoms with van der Waals surface area (Å²) in [5.74, 6) is 0.120. The van der Waals surface area contributed by atoms with Gasteiger partial charge in [0.2, 0.25) is 5.91 Å². The van der Waals surface area contributed by atoms with E-state index in [1.165, 1.54) is 0 Å². The van der Waals surface area contributed by atoms with E-state index in [0.29, 0.717) is 6.54 Å². The molecule has 1 amide bonds. The van der Waals surface area contributed by atoms with Gasteiger partial charge in [-0.05, 0) is 26.4 Å². The van der Waals surface area contributed by atoms with Crippen LogP contribution in [0, 0.1) is 0 Å². The third kappa shape index (κ3) is 3.17. The summed E-state index contributed by atoms with van der Waals surface area (Å²) in [4.78, 5) is 14.0. The van der Waals surface area contributed by atoms with Crippen LogP contribution in [0.15, 0.2) is 0 Å². The molecule has 0 radical (unpaired) electrons. The number of amides is 1. The Morgan fingerprint density at radius 2 is 2.50 bits per heavy atom. The van der Waals surface area contributed by atoms with Crippen molar-refractivity contribution in [1.82, 2.24) is 15.5 Å².